The normalized spacial score (nSPS) is 25.9. The van der Waals surface area contributed by atoms with E-state index in [1.807, 2.05) is 80.7 Å². The molecular formula is C36H43N3O7Si. The molecule has 0 aliphatic carbocycles. The van der Waals surface area contributed by atoms with Gasteiger partial charge in [0, 0.05) is 29.3 Å². The molecule has 1 spiro atoms. The summed E-state index contributed by atoms with van der Waals surface area (Å²) >= 11 is 0. The van der Waals surface area contributed by atoms with Gasteiger partial charge in [-0.15, -0.1) is 0 Å². The van der Waals surface area contributed by atoms with Crippen LogP contribution in [0.15, 0.2) is 72.8 Å². The minimum absolute atomic E-state index is 0.0124. The molecule has 3 aliphatic rings. The van der Waals surface area contributed by atoms with Gasteiger partial charge in [0.1, 0.15) is 6.10 Å². The number of rotatable bonds is 8. The number of fused-ring (bicyclic) bond motifs is 3. The lowest BCUT2D eigenvalue weighted by molar-refractivity contribution is -0.151. The quantitative estimate of drug-likeness (QED) is 0.271. The van der Waals surface area contributed by atoms with Crippen LogP contribution in [0.5, 0.6) is 0 Å². The maximum atomic E-state index is 14.7. The average molecular weight is 658 g/mol. The fourth-order valence-corrected chi connectivity index (χ4v) is 10.4. The first-order chi connectivity index (χ1) is 22.3. The average Bonchev–Trinajstić information content (AvgIpc) is 3.47. The first kappa shape index (κ1) is 33.0. The molecule has 0 radical (unpaired) electrons. The second kappa shape index (κ2) is 12.6. The van der Waals surface area contributed by atoms with Gasteiger partial charge in [-0.1, -0.05) is 61.5 Å². The molecule has 10 nitrogen and oxygen atoms in total. The van der Waals surface area contributed by atoms with Gasteiger partial charge in [-0.05, 0) is 61.3 Å². The summed E-state index contributed by atoms with van der Waals surface area (Å²) in [5, 5.41) is 22.4. The Morgan fingerprint density at radius 2 is 1.70 bits per heavy atom. The molecule has 3 aliphatic heterocycles. The monoisotopic (exact) mass is 657 g/mol. The van der Waals surface area contributed by atoms with E-state index in [0.717, 1.165) is 22.3 Å². The summed E-state index contributed by atoms with van der Waals surface area (Å²) in [5.74, 6) is -1.34. The molecule has 248 valence electrons. The van der Waals surface area contributed by atoms with Crippen LogP contribution >= 0.6 is 0 Å². The maximum Gasteiger partial charge on any atom is 0.264 e. The molecule has 3 amide bonds. The van der Waals surface area contributed by atoms with E-state index in [9.17, 15) is 29.4 Å². The molecule has 4 N–H and O–H groups in total. The number of aliphatic hydroxyl groups is 2. The number of nitrogens with one attached hydrogen (secondary N) is 1. The number of para-hydroxylation sites is 1. The lowest BCUT2D eigenvalue weighted by atomic mass is 9.82. The number of carbonyl (C=O) groups excluding carboxylic acids is 3. The third-order valence-electron chi connectivity index (χ3n) is 10.1. The summed E-state index contributed by atoms with van der Waals surface area (Å²) < 4.78 is 6.86. The zero-order valence-electron chi connectivity index (χ0n) is 27.2. The number of aliphatic hydroxyl groups excluding tert-OH is 2. The number of carbonyl (C=O) groups is 3. The topological polar surface area (TPSA) is 140 Å². The Balaban J connectivity index is 1.29. The van der Waals surface area contributed by atoms with E-state index in [1.165, 1.54) is 6.92 Å². The van der Waals surface area contributed by atoms with Crippen molar-refractivity contribution >= 4 is 37.4 Å². The SMILES string of the molecule is C[C@H](O)C(=O)Nc1ccc(CN2C(=O)[C@@]3(O[C@@H](CC(=O)N4Cc5ccccc5C[C@H]4CO)[C@H]([Si](C)(C)O)[C@H]3C)c3ccccc32)cc1. The van der Waals surface area contributed by atoms with E-state index in [-0.39, 0.29) is 37.4 Å². The molecule has 0 unspecified atom stereocenters. The van der Waals surface area contributed by atoms with Gasteiger partial charge in [0.25, 0.3) is 11.8 Å². The van der Waals surface area contributed by atoms with Crippen LogP contribution in [0.2, 0.25) is 18.6 Å². The molecule has 0 saturated carbocycles. The molecule has 3 heterocycles. The Hall–Kier alpha value is -3.87. The molecule has 3 aromatic rings. The number of anilines is 2. The molecule has 3 aromatic carbocycles. The fraction of sp³-hybridized carbons (Fsp3) is 0.417. The van der Waals surface area contributed by atoms with Crippen LogP contribution < -0.4 is 10.2 Å². The van der Waals surface area contributed by atoms with Gasteiger partial charge in [0.05, 0.1) is 37.4 Å². The first-order valence-corrected chi connectivity index (χ1v) is 19.2. The van der Waals surface area contributed by atoms with Crippen molar-refractivity contribution in [1.29, 1.82) is 0 Å². The highest BCUT2D eigenvalue weighted by Gasteiger charge is 2.66. The molecule has 1 fully saturated rings. The van der Waals surface area contributed by atoms with Gasteiger partial charge in [-0.2, -0.15) is 0 Å². The molecule has 1 saturated heterocycles. The number of nitrogens with zero attached hydrogens (tertiary/aromatic N) is 2. The molecule has 6 atom stereocenters. The van der Waals surface area contributed by atoms with Crippen molar-refractivity contribution in [3.8, 4) is 0 Å². The van der Waals surface area contributed by atoms with Crippen LogP contribution in [0.1, 0.15) is 42.5 Å². The summed E-state index contributed by atoms with van der Waals surface area (Å²) in [4.78, 5) is 55.6. The molecule has 0 bridgehead atoms. The van der Waals surface area contributed by atoms with Crippen molar-refractivity contribution in [2.75, 3.05) is 16.8 Å². The summed E-state index contributed by atoms with van der Waals surface area (Å²) in [6.45, 7) is 7.49. The Morgan fingerprint density at radius 1 is 1.04 bits per heavy atom. The molecular weight excluding hydrogens is 614 g/mol. The van der Waals surface area contributed by atoms with Gasteiger partial charge in [0.2, 0.25) is 5.91 Å². The van der Waals surface area contributed by atoms with Gasteiger partial charge in [0.15, 0.2) is 13.9 Å². The van der Waals surface area contributed by atoms with Crippen molar-refractivity contribution in [2.24, 2.45) is 5.92 Å². The Labute approximate surface area is 276 Å². The zero-order chi connectivity index (χ0) is 33.7. The standard InChI is InChI=1S/C36H43N3O7Si/c1-22-33(47(3,4)45)31(18-32(42)38-20-26-10-6-5-9-25(26)17-28(38)21-40)46-36(22)29-11-7-8-12-30(29)39(35(36)44)19-24-13-15-27(16-14-24)37-34(43)23(2)41/h5-16,22-23,28,31,33,40-41,45H,17-21H2,1-4H3,(H,37,43)/t22-,23+,28+,31+,33-,36+/m1/s1. The van der Waals surface area contributed by atoms with E-state index < -0.39 is 43.5 Å². The van der Waals surface area contributed by atoms with Gasteiger partial charge >= 0.3 is 0 Å². The van der Waals surface area contributed by atoms with Gasteiger partial charge in [-0.25, -0.2) is 0 Å². The Morgan fingerprint density at radius 3 is 2.36 bits per heavy atom. The molecule has 47 heavy (non-hydrogen) atoms. The number of hydrogen-bond acceptors (Lipinski definition) is 7. The predicted molar refractivity (Wildman–Crippen MR) is 180 cm³/mol. The van der Waals surface area contributed by atoms with E-state index in [4.69, 9.17) is 4.74 Å². The summed E-state index contributed by atoms with van der Waals surface area (Å²) in [6, 6.07) is 22.2. The molecule has 0 aromatic heterocycles. The highest BCUT2D eigenvalue weighted by Crippen LogP contribution is 2.59. The summed E-state index contributed by atoms with van der Waals surface area (Å²) in [7, 11) is -2.99. The number of benzene rings is 3. The van der Waals surface area contributed by atoms with Gasteiger partial charge in [-0.3, -0.25) is 14.4 Å². The van der Waals surface area contributed by atoms with Crippen LogP contribution in [0.25, 0.3) is 0 Å². The van der Waals surface area contributed by atoms with Crippen LogP contribution in [0.3, 0.4) is 0 Å². The number of amides is 3. The smallest absolute Gasteiger partial charge is 0.264 e. The van der Waals surface area contributed by atoms with Crippen molar-refractivity contribution in [1.82, 2.24) is 4.90 Å². The summed E-state index contributed by atoms with van der Waals surface area (Å²) in [5.41, 5.74) is 3.16. The summed E-state index contributed by atoms with van der Waals surface area (Å²) in [6.07, 6.45) is -1.29. The van der Waals surface area contributed by atoms with Crippen molar-refractivity contribution in [3.63, 3.8) is 0 Å². The second-order valence-corrected chi connectivity index (χ2v) is 17.6. The lowest BCUT2D eigenvalue weighted by Crippen LogP contribution is -2.48. The van der Waals surface area contributed by atoms with Crippen molar-refractivity contribution in [3.05, 3.63) is 95.1 Å². The van der Waals surface area contributed by atoms with Crippen LogP contribution in [-0.2, 0) is 44.2 Å². The third kappa shape index (κ3) is 5.91. The van der Waals surface area contributed by atoms with Crippen LogP contribution in [0.4, 0.5) is 11.4 Å². The molecule has 6 rings (SSSR count). The Bertz CT molecular complexity index is 1670. The van der Waals surface area contributed by atoms with E-state index in [2.05, 4.69) is 5.32 Å². The van der Waals surface area contributed by atoms with E-state index >= 15 is 0 Å². The molecule has 11 heteroatoms. The minimum Gasteiger partial charge on any atom is -0.432 e. The number of ether oxygens (including phenoxy) is 1. The van der Waals surface area contributed by atoms with Crippen molar-refractivity contribution in [2.45, 2.75) is 82.3 Å². The lowest BCUT2D eigenvalue weighted by Gasteiger charge is -2.37. The highest BCUT2D eigenvalue weighted by molar-refractivity contribution is 6.71. The largest absolute Gasteiger partial charge is 0.432 e. The maximum absolute atomic E-state index is 14.7. The van der Waals surface area contributed by atoms with Crippen LogP contribution in [0, 0.1) is 5.92 Å². The minimum atomic E-state index is -2.99. The van der Waals surface area contributed by atoms with Crippen molar-refractivity contribution < 1.29 is 34.1 Å². The highest BCUT2D eigenvalue weighted by atomic mass is 28.4. The van der Waals surface area contributed by atoms with Gasteiger partial charge < -0.3 is 34.9 Å². The zero-order valence-corrected chi connectivity index (χ0v) is 28.2. The third-order valence-corrected chi connectivity index (χ3v) is 12.6. The van der Waals surface area contributed by atoms with E-state index in [1.54, 1.807) is 21.9 Å². The Kier molecular flexibility index (Phi) is 8.88. The van der Waals surface area contributed by atoms with Crippen LogP contribution in [-0.4, -0.2) is 70.8 Å². The van der Waals surface area contributed by atoms with E-state index in [0.29, 0.717) is 24.3 Å². The predicted octanol–water partition coefficient (Wildman–Crippen LogP) is 3.69. The first-order valence-electron chi connectivity index (χ1n) is 16.2. The second-order valence-electron chi connectivity index (χ2n) is 13.7. The number of hydrogen-bond donors (Lipinski definition) is 4. The fourth-order valence-electron chi connectivity index (χ4n) is 7.84.